The summed E-state index contributed by atoms with van der Waals surface area (Å²) in [6.45, 7) is 4.39. The van der Waals surface area contributed by atoms with Crippen molar-refractivity contribution in [1.82, 2.24) is 14.6 Å². The smallest absolute Gasteiger partial charge is 0.280 e. The van der Waals surface area contributed by atoms with E-state index in [4.69, 9.17) is 0 Å². The molecule has 4 aromatic rings. The highest BCUT2D eigenvalue weighted by molar-refractivity contribution is 9.11. The van der Waals surface area contributed by atoms with Crippen LogP contribution in [-0.2, 0) is 6.54 Å². The van der Waals surface area contributed by atoms with Crippen molar-refractivity contribution in [2.75, 3.05) is 5.43 Å². The topological polar surface area (TPSA) is 62.7 Å². The molecule has 0 aliphatic heterocycles. The van der Waals surface area contributed by atoms with E-state index in [1.54, 1.807) is 6.07 Å². The lowest BCUT2D eigenvalue weighted by Gasteiger charge is -2.14. The van der Waals surface area contributed by atoms with Crippen LogP contribution in [0.5, 0.6) is 0 Å². The monoisotopic (exact) mass is 474 g/mol. The number of benzene rings is 2. The van der Waals surface area contributed by atoms with Gasteiger partial charge in [0.1, 0.15) is 5.82 Å². The van der Waals surface area contributed by atoms with Crippen molar-refractivity contribution in [1.29, 1.82) is 0 Å². The summed E-state index contributed by atoms with van der Waals surface area (Å²) in [5, 5.41) is 1.71. The first kappa shape index (κ1) is 17.3. The van der Waals surface area contributed by atoms with Gasteiger partial charge in [-0.15, -0.1) is 0 Å². The maximum absolute atomic E-state index is 13.0. The van der Waals surface area contributed by atoms with Gasteiger partial charge in [0.2, 0.25) is 0 Å². The zero-order valence-corrected chi connectivity index (χ0v) is 17.4. The van der Waals surface area contributed by atoms with Crippen molar-refractivity contribution in [2.45, 2.75) is 20.4 Å². The van der Waals surface area contributed by atoms with Crippen LogP contribution in [0.15, 0.2) is 50.1 Å². The summed E-state index contributed by atoms with van der Waals surface area (Å²) in [4.78, 5) is 20.9. The van der Waals surface area contributed by atoms with Crippen LogP contribution in [0.1, 0.15) is 17.1 Å². The molecule has 0 radical (unpaired) electrons. The number of H-pyrrole nitrogens is 1. The minimum Gasteiger partial charge on any atom is -0.358 e. The number of halogens is 2. The molecule has 2 aromatic heterocycles. The molecular weight excluding hydrogens is 460 g/mol. The number of aryl methyl sites for hydroxylation is 2. The summed E-state index contributed by atoms with van der Waals surface area (Å²) in [7, 11) is 0. The molecule has 0 spiro atoms. The molecule has 4 rings (SSSR count). The standard InChI is InChI=1S/C19H16Br2N4O/c1-10-15(13-5-3-4-6-17(13)23-10)9-22-25-11(2)24-18-14(19(25)26)7-12(20)8-16(18)21/h3-8,22-23H,9H2,1-2H3. The van der Waals surface area contributed by atoms with Gasteiger partial charge in [0.25, 0.3) is 5.56 Å². The zero-order valence-electron chi connectivity index (χ0n) is 14.2. The molecule has 7 heteroatoms. The first-order chi connectivity index (χ1) is 12.5. The number of hydrogen-bond donors (Lipinski definition) is 2. The largest absolute Gasteiger partial charge is 0.358 e. The van der Waals surface area contributed by atoms with Gasteiger partial charge >= 0.3 is 0 Å². The van der Waals surface area contributed by atoms with Gasteiger partial charge in [-0.1, -0.05) is 34.1 Å². The van der Waals surface area contributed by atoms with Crippen molar-refractivity contribution in [3.8, 4) is 0 Å². The summed E-state index contributed by atoms with van der Waals surface area (Å²) in [5.41, 5.74) is 7.10. The van der Waals surface area contributed by atoms with Crippen LogP contribution in [0, 0.1) is 13.8 Å². The van der Waals surface area contributed by atoms with E-state index in [2.05, 4.69) is 59.4 Å². The van der Waals surface area contributed by atoms with Gasteiger partial charge in [-0.25, -0.2) is 9.66 Å². The average Bonchev–Trinajstić information content (AvgIpc) is 2.91. The Morgan fingerprint density at radius 2 is 1.92 bits per heavy atom. The minimum absolute atomic E-state index is 0.119. The van der Waals surface area contributed by atoms with Crippen molar-refractivity contribution < 1.29 is 0 Å². The fraction of sp³-hybridized carbons (Fsp3) is 0.158. The van der Waals surface area contributed by atoms with E-state index < -0.39 is 0 Å². The van der Waals surface area contributed by atoms with Crippen LogP contribution in [0.3, 0.4) is 0 Å². The van der Waals surface area contributed by atoms with Gasteiger partial charge in [-0.2, -0.15) is 0 Å². The number of rotatable bonds is 3. The molecule has 2 heterocycles. The Morgan fingerprint density at radius 3 is 2.73 bits per heavy atom. The number of para-hydroxylation sites is 1. The first-order valence-electron chi connectivity index (χ1n) is 8.14. The highest BCUT2D eigenvalue weighted by Crippen LogP contribution is 2.25. The predicted octanol–water partition coefficient (Wildman–Crippen LogP) is 4.76. The molecule has 0 aliphatic carbocycles. The maximum Gasteiger partial charge on any atom is 0.280 e. The van der Waals surface area contributed by atoms with Crippen molar-refractivity contribution in [3.63, 3.8) is 0 Å². The van der Waals surface area contributed by atoms with E-state index >= 15 is 0 Å². The molecular formula is C19H16Br2N4O. The number of nitrogens with one attached hydrogen (secondary N) is 2. The summed E-state index contributed by atoms with van der Waals surface area (Å²) >= 11 is 6.92. The van der Waals surface area contributed by atoms with Crippen LogP contribution in [-0.4, -0.2) is 14.6 Å². The van der Waals surface area contributed by atoms with Gasteiger partial charge in [0.05, 0.1) is 17.4 Å². The molecule has 0 amide bonds. The molecule has 0 fully saturated rings. The molecule has 26 heavy (non-hydrogen) atoms. The molecule has 0 aliphatic rings. The Labute approximate surface area is 166 Å². The average molecular weight is 476 g/mol. The number of hydrogen-bond acceptors (Lipinski definition) is 3. The third-order valence-electron chi connectivity index (χ3n) is 4.50. The fourth-order valence-corrected chi connectivity index (χ4v) is 4.54. The molecule has 0 saturated heterocycles. The van der Waals surface area contributed by atoms with Crippen LogP contribution in [0.2, 0.25) is 0 Å². The Balaban J connectivity index is 1.78. The summed E-state index contributed by atoms with van der Waals surface area (Å²) < 4.78 is 3.14. The fourth-order valence-electron chi connectivity index (χ4n) is 3.23. The van der Waals surface area contributed by atoms with Gasteiger partial charge < -0.3 is 10.4 Å². The molecule has 5 nitrogen and oxygen atoms in total. The van der Waals surface area contributed by atoms with Gasteiger partial charge in [-0.3, -0.25) is 4.79 Å². The van der Waals surface area contributed by atoms with Crippen LogP contribution >= 0.6 is 31.9 Å². The Bertz CT molecular complexity index is 1210. The van der Waals surface area contributed by atoms with E-state index in [0.717, 1.165) is 31.1 Å². The molecule has 0 saturated carbocycles. The zero-order chi connectivity index (χ0) is 18.4. The summed E-state index contributed by atoms with van der Waals surface area (Å²) in [5.74, 6) is 0.614. The van der Waals surface area contributed by atoms with Crippen LogP contribution < -0.4 is 11.0 Å². The minimum atomic E-state index is -0.119. The number of nitrogens with zero attached hydrogens (tertiary/aromatic N) is 2. The molecule has 0 atom stereocenters. The van der Waals surface area contributed by atoms with Gasteiger partial charge in [-0.05, 0) is 48.0 Å². The lowest BCUT2D eigenvalue weighted by atomic mass is 10.1. The third kappa shape index (κ3) is 2.85. The van der Waals surface area contributed by atoms with E-state index in [1.165, 1.54) is 4.68 Å². The lowest BCUT2D eigenvalue weighted by Crippen LogP contribution is -2.31. The SMILES string of the molecule is Cc1[nH]c2ccccc2c1CNn1c(C)nc2c(Br)cc(Br)cc2c1=O. The van der Waals surface area contributed by atoms with E-state index in [9.17, 15) is 4.79 Å². The number of aromatic nitrogens is 3. The van der Waals surface area contributed by atoms with E-state index in [-0.39, 0.29) is 5.56 Å². The van der Waals surface area contributed by atoms with Crippen molar-refractivity contribution >= 4 is 53.7 Å². The van der Waals surface area contributed by atoms with Crippen molar-refractivity contribution in [2.24, 2.45) is 0 Å². The Morgan fingerprint density at radius 1 is 1.15 bits per heavy atom. The molecule has 0 bridgehead atoms. The number of fused-ring (bicyclic) bond motifs is 2. The molecule has 2 N–H and O–H groups in total. The van der Waals surface area contributed by atoms with E-state index in [1.807, 2.05) is 32.0 Å². The quantitative estimate of drug-likeness (QED) is 0.448. The Kier molecular flexibility index (Phi) is 4.36. The predicted molar refractivity (Wildman–Crippen MR) is 112 cm³/mol. The second-order valence-electron chi connectivity index (χ2n) is 6.19. The lowest BCUT2D eigenvalue weighted by molar-refractivity contribution is 0.754. The number of aromatic amines is 1. The van der Waals surface area contributed by atoms with Crippen LogP contribution in [0.4, 0.5) is 0 Å². The Hall–Kier alpha value is -2.12. The van der Waals surface area contributed by atoms with Crippen LogP contribution in [0.25, 0.3) is 21.8 Å². The summed E-state index contributed by atoms with van der Waals surface area (Å²) in [6.07, 6.45) is 0. The molecule has 0 unspecified atom stereocenters. The van der Waals surface area contributed by atoms with E-state index in [0.29, 0.717) is 23.3 Å². The highest BCUT2D eigenvalue weighted by atomic mass is 79.9. The highest BCUT2D eigenvalue weighted by Gasteiger charge is 2.13. The van der Waals surface area contributed by atoms with Gasteiger partial charge in [0.15, 0.2) is 0 Å². The third-order valence-corrected chi connectivity index (χ3v) is 5.56. The van der Waals surface area contributed by atoms with Crippen molar-refractivity contribution in [3.05, 3.63) is 72.8 Å². The maximum atomic E-state index is 13.0. The molecule has 2 aromatic carbocycles. The normalized spacial score (nSPS) is 11.4. The molecule has 132 valence electrons. The second kappa shape index (κ2) is 6.55. The second-order valence-corrected chi connectivity index (χ2v) is 7.96. The summed E-state index contributed by atoms with van der Waals surface area (Å²) in [6, 6.07) is 11.8. The van der Waals surface area contributed by atoms with Gasteiger partial charge in [0, 0.05) is 31.1 Å². The first-order valence-corrected chi connectivity index (χ1v) is 9.73.